The number of halogens is 1. The van der Waals surface area contributed by atoms with Crippen LogP contribution in [0.1, 0.15) is 24.1 Å². The molecular formula is C17H15BrN2O3. The van der Waals surface area contributed by atoms with Gasteiger partial charge in [-0.15, -0.1) is 0 Å². The molecule has 0 saturated carbocycles. The lowest BCUT2D eigenvalue weighted by Gasteiger charge is -2.12. The van der Waals surface area contributed by atoms with Crippen molar-refractivity contribution in [3.63, 3.8) is 0 Å². The van der Waals surface area contributed by atoms with Gasteiger partial charge in [-0.05, 0) is 36.8 Å². The molecule has 0 bridgehead atoms. The standard InChI is InChI=1S/C17H15BrN2O3/c1-12(13-6-9-15(18)10-7-13)19-17(21)11-8-14-4-2-3-5-16(14)20(22)23/h2-12H,1H3,(H,19,21)/b11-8+. The molecule has 5 nitrogen and oxygen atoms in total. The van der Waals surface area contributed by atoms with E-state index in [1.807, 2.05) is 31.2 Å². The van der Waals surface area contributed by atoms with Crippen molar-refractivity contribution >= 4 is 33.6 Å². The molecule has 2 aromatic rings. The first-order valence-corrected chi connectivity index (χ1v) is 7.74. The van der Waals surface area contributed by atoms with Gasteiger partial charge in [0.25, 0.3) is 5.69 Å². The first-order valence-electron chi connectivity index (χ1n) is 6.95. The van der Waals surface area contributed by atoms with Crippen LogP contribution in [0, 0.1) is 10.1 Å². The Kier molecular flexibility index (Phi) is 5.65. The highest BCUT2D eigenvalue weighted by molar-refractivity contribution is 9.10. The summed E-state index contributed by atoms with van der Waals surface area (Å²) in [6.45, 7) is 1.87. The van der Waals surface area contributed by atoms with E-state index in [2.05, 4.69) is 21.2 Å². The Morgan fingerprint density at radius 1 is 1.22 bits per heavy atom. The maximum absolute atomic E-state index is 12.0. The van der Waals surface area contributed by atoms with Crippen molar-refractivity contribution < 1.29 is 9.72 Å². The van der Waals surface area contributed by atoms with Crippen molar-refractivity contribution in [1.82, 2.24) is 5.32 Å². The molecule has 1 amide bonds. The van der Waals surface area contributed by atoms with Crippen LogP contribution in [0.3, 0.4) is 0 Å². The van der Waals surface area contributed by atoms with Crippen LogP contribution in [0.5, 0.6) is 0 Å². The predicted octanol–water partition coefficient (Wildman–Crippen LogP) is 4.25. The molecule has 1 unspecified atom stereocenters. The van der Waals surface area contributed by atoms with E-state index in [0.29, 0.717) is 5.56 Å². The molecule has 0 aliphatic carbocycles. The van der Waals surface area contributed by atoms with Gasteiger partial charge in [-0.2, -0.15) is 0 Å². The Balaban J connectivity index is 2.04. The largest absolute Gasteiger partial charge is 0.346 e. The van der Waals surface area contributed by atoms with E-state index in [1.54, 1.807) is 18.2 Å². The number of carbonyl (C=O) groups is 1. The second-order valence-electron chi connectivity index (χ2n) is 4.93. The van der Waals surface area contributed by atoms with Gasteiger partial charge in [-0.1, -0.05) is 40.2 Å². The molecule has 0 fully saturated rings. The first-order chi connectivity index (χ1) is 11.0. The van der Waals surface area contributed by atoms with Crippen molar-refractivity contribution in [3.05, 3.63) is 80.3 Å². The van der Waals surface area contributed by atoms with Gasteiger partial charge >= 0.3 is 0 Å². The smallest absolute Gasteiger partial charge is 0.276 e. The van der Waals surface area contributed by atoms with Crippen LogP contribution in [-0.2, 0) is 4.79 Å². The number of benzene rings is 2. The van der Waals surface area contributed by atoms with Gasteiger partial charge in [0, 0.05) is 16.6 Å². The predicted molar refractivity (Wildman–Crippen MR) is 92.8 cm³/mol. The summed E-state index contributed by atoms with van der Waals surface area (Å²) in [5, 5.41) is 13.7. The average molecular weight is 375 g/mol. The van der Waals surface area contributed by atoms with E-state index in [0.717, 1.165) is 10.0 Å². The number of rotatable bonds is 5. The molecule has 0 heterocycles. The fourth-order valence-corrected chi connectivity index (χ4v) is 2.32. The molecule has 6 heteroatoms. The minimum atomic E-state index is -0.470. The molecule has 0 aliphatic heterocycles. The summed E-state index contributed by atoms with van der Waals surface area (Å²) < 4.78 is 0.969. The van der Waals surface area contributed by atoms with Gasteiger partial charge in [0.2, 0.25) is 5.91 Å². The van der Waals surface area contributed by atoms with Gasteiger partial charge in [0.1, 0.15) is 0 Å². The molecule has 0 aromatic heterocycles. The van der Waals surface area contributed by atoms with Gasteiger partial charge in [-0.25, -0.2) is 0 Å². The minimum absolute atomic E-state index is 0.0301. The third-order valence-corrected chi connectivity index (χ3v) is 3.81. The number of nitro benzene ring substituents is 1. The van der Waals surface area contributed by atoms with E-state index in [1.165, 1.54) is 18.2 Å². The van der Waals surface area contributed by atoms with E-state index in [9.17, 15) is 14.9 Å². The number of nitrogens with one attached hydrogen (secondary N) is 1. The Hall–Kier alpha value is -2.47. The Bertz CT molecular complexity index is 742. The molecule has 0 radical (unpaired) electrons. The van der Waals surface area contributed by atoms with Crippen LogP contribution in [0.25, 0.3) is 6.08 Å². The zero-order valence-corrected chi connectivity index (χ0v) is 14.0. The Morgan fingerprint density at radius 2 is 1.87 bits per heavy atom. The lowest BCUT2D eigenvalue weighted by Crippen LogP contribution is -2.24. The highest BCUT2D eigenvalue weighted by Crippen LogP contribution is 2.19. The van der Waals surface area contributed by atoms with Crippen LogP contribution in [-0.4, -0.2) is 10.8 Å². The molecule has 0 aliphatic rings. The van der Waals surface area contributed by atoms with Crippen LogP contribution in [0.4, 0.5) is 5.69 Å². The number of nitrogens with zero attached hydrogens (tertiary/aromatic N) is 1. The molecule has 2 rings (SSSR count). The number of hydrogen-bond donors (Lipinski definition) is 1. The average Bonchev–Trinajstić information content (AvgIpc) is 2.53. The third kappa shape index (κ3) is 4.75. The van der Waals surface area contributed by atoms with Crippen molar-refractivity contribution in [2.24, 2.45) is 0 Å². The van der Waals surface area contributed by atoms with Gasteiger partial charge < -0.3 is 5.32 Å². The van der Waals surface area contributed by atoms with Crippen LogP contribution >= 0.6 is 15.9 Å². The Labute approximate surface area is 142 Å². The molecule has 118 valence electrons. The van der Waals surface area contributed by atoms with Gasteiger partial charge in [-0.3, -0.25) is 14.9 Å². The summed E-state index contributed by atoms with van der Waals surface area (Å²) >= 11 is 3.36. The van der Waals surface area contributed by atoms with Crippen LogP contribution < -0.4 is 5.32 Å². The van der Waals surface area contributed by atoms with Gasteiger partial charge in [0.15, 0.2) is 0 Å². The fourth-order valence-electron chi connectivity index (χ4n) is 2.06. The summed E-state index contributed by atoms with van der Waals surface area (Å²) in [6.07, 6.45) is 2.75. The zero-order chi connectivity index (χ0) is 16.8. The highest BCUT2D eigenvalue weighted by Gasteiger charge is 2.11. The van der Waals surface area contributed by atoms with E-state index in [-0.39, 0.29) is 17.6 Å². The molecule has 0 saturated heterocycles. The lowest BCUT2D eigenvalue weighted by atomic mass is 10.1. The highest BCUT2D eigenvalue weighted by atomic mass is 79.9. The van der Waals surface area contributed by atoms with Crippen molar-refractivity contribution in [3.8, 4) is 0 Å². The summed E-state index contributed by atoms with van der Waals surface area (Å²) in [5.41, 5.74) is 1.34. The first kappa shape index (κ1) is 16.9. The number of amides is 1. The summed E-state index contributed by atoms with van der Waals surface area (Å²) in [4.78, 5) is 22.4. The molecular weight excluding hydrogens is 360 g/mol. The number of hydrogen-bond acceptors (Lipinski definition) is 3. The fraction of sp³-hybridized carbons (Fsp3) is 0.118. The van der Waals surface area contributed by atoms with E-state index < -0.39 is 4.92 Å². The normalized spacial score (nSPS) is 12.1. The maximum atomic E-state index is 12.0. The van der Waals surface area contributed by atoms with Crippen molar-refractivity contribution in [2.45, 2.75) is 13.0 Å². The maximum Gasteiger partial charge on any atom is 0.276 e. The van der Waals surface area contributed by atoms with Crippen molar-refractivity contribution in [2.75, 3.05) is 0 Å². The quantitative estimate of drug-likeness (QED) is 0.483. The van der Waals surface area contributed by atoms with Gasteiger partial charge in [0.05, 0.1) is 16.5 Å². The third-order valence-electron chi connectivity index (χ3n) is 3.28. The zero-order valence-electron chi connectivity index (χ0n) is 12.4. The summed E-state index contributed by atoms with van der Waals surface area (Å²) in [5.74, 6) is -0.307. The second kappa shape index (κ2) is 7.69. The molecule has 1 N–H and O–H groups in total. The summed E-state index contributed by atoms with van der Waals surface area (Å²) in [7, 11) is 0. The summed E-state index contributed by atoms with van der Waals surface area (Å²) in [6, 6.07) is 13.8. The number of nitro groups is 1. The van der Waals surface area contributed by atoms with Crippen LogP contribution in [0.15, 0.2) is 59.1 Å². The molecule has 1 atom stereocenters. The van der Waals surface area contributed by atoms with E-state index >= 15 is 0 Å². The lowest BCUT2D eigenvalue weighted by molar-refractivity contribution is -0.385. The van der Waals surface area contributed by atoms with Crippen LogP contribution in [0.2, 0.25) is 0 Å². The monoisotopic (exact) mass is 374 g/mol. The SMILES string of the molecule is CC(NC(=O)/C=C/c1ccccc1[N+](=O)[O-])c1ccc(Br)cc1. The number of para-hydroxylation sites is 1. The topological polar surface area (TPSA) is 72.2 Å². The molecule has 2 aromatic carbocycles. The Morgan fingerprint density at radius 3 is 2.52 bits per heavy atom. The minimum Gasteiger partial charge on any atom is -0.346 e. The molecule has 23 heavy (non-hydrogen) atoms. The van der Waals surface area contributed by atoms with E-state index in [4.69, 9.17) is 0 Å². The number of carbonyl (C=O) groups excluding carboxylic acids is 1. The van der Waals surface area contributed by atoms with Crippen molar-refractivity contribution in [1.29, 1.82) is 0 Å². The molecule has 0 spiro atoms. The second-order valence-corrected chi connectivity index (χ2v) is 5.85.